The molecular weight excluding hydrogens is 362 g/mol. The van der Waals surface area contributed by atoms with Gasteiger partial charge in [0, 0.05) is 50.5 Å². The quantitative estimate of drug-likeness (QED) is 0.677. The third-order valence-electron chi connectivity index (χ3n) is 5.20. The van der Waals surface area contributed by atoms with Crippen LogP contribution in [0.5, 0.6) is 0 Å². The molecule has 1 atom stereocenters. The van der Waals surface area contributed by atoms with Crippen LogP contribution in [0, 0.1) is 6.92 Å². The second-order valence-corrected chi connectivity index (χ2v) is 9.05. The molecule has 0 bridgehead atoms. The van der Waals surface area contributed by atoms with E-state index in [1.165, 1.54) is 6.20 Å². The Labute approximate surface area is 159 Å². The average Bonchev–Trinajstić information content (AvgIpc) is 2.85. The van der Waals surface area contributed by atoms with Gasteiger partial charge in [-0.1, -0.05) is 18.2 Å². The second kappa shape index (κ2) is 6.31. The first-order valence-corrected chi connectivity index (χ1v) is 10.3. The minimum atomic E-state index is -3.69. The highest BCUT2D eigenvalue weighted by atomic mass is 32.2. The number of aromatic nitrogens is 3. The van der Waals surface area contributed by atoms with Crippen LogP contribution in [0.25, 0.3) is 11.0 Å². The molecule has 0 amide bonds. The number of benzene rings is 1. The van der Waals surface area contributed by atoms with E-state index in [1.807, 2.05) is 45.2 Å². The summed E-state index contributed by atoms with van der Waals surface area (Å²) in [5.41, 5.74) is 3.52. The van der Waals surface area contributed by atoms with E-state index in [0.29, 0.717) is 18.7 Å². The number of hydrogen-bond acceptors (Lipinski definition) is 5. The lowest BCUT2D eigenvalue weighted by Gasteiger charge is -2.27. The fraction of sp³-hybridized carbons (Fsp3) is 0.368. The average molecular weight is 385 g/mol. The van der Waals surface area contributed by atoms with E-state index in [1.54, 1.807) is 22.1 Å². The summed E-state index contributed by atoms with van der Waals surface area (Å²) < 4.78 is 30.2. The molecule has 8 heteroatoms. The van der Waals surface area contributed by atoms with Crippen molar-refractivity contribution in [3.8, 4) is 0 Å². The molecule has 0 radical (unpaired) electrons. The van der Waals surface area contributed by atoms with Crippen molar-refractivity contribution in [3.05, 3.63) is 47.8 Å². The van der Waals surface area contributed by atoms with Gasteiger partial charge < -0.3 is 4.90 Å². The topological polar surface area (TPSA) is 71.3 Å². The Morgan fingerprint density at radius 1 is 1.19 bits per heavy atom. The summed E-state index contributed by atoms with van der Waals surface area (Å²) in [5, 5.41) is 5.10. The van der Waals surface area contributed by atoms with Crippen LogP contribution in [0.4, 0.5) is 5.69 Å². The SMILES string of the molecule is Cc1nn(C)c2ncc(S(=O)(=O)N3Cc4ccccc4N(C)C[C@@H]3C)cc12. The minimum absolute atomic E-state index is 0.168. The summed E-state index contributed by atoms with van der Waals surface area (Å²) in [6.07, 6.45) is 1.44. The van der Waals surface area contributed by atoms with Crippen molar-refractivity contribution in [2.75, 3.05) is 18.5 Å². The molecular formula is C19H23N5O2S. The number of pyridine rings is 1. The number of rotatable bonds is 2. The van der Waals surface area contributed by atoms with E-state index in [4.69, 9.17) is 0 Å². The van der Waals surface area contributed by atoms with E-state index in [2.05, 4.69) is 15.0 Å². The van der Waals surface area contributed by atoms with Gasteiger partial charge in [0.25, 0.3) is 0 Å². The molecule has 0 aliphatic carbocycles. The smallest absolute Gasteiger partial charge is 0.245 e. The third-order valence-corrected chi connectivity index (χ3v) is 7.13. The minimum Gasteiger partial charge on any atom is -0.373 e. The van der Waals surface area contributed by atoms with E-state index in [-0.39, 0.29) is 10.9 Å². The lowest BCUT2D eigenvalue weighted by molar-refractivity contribution is 0.340. The van der Waals surface area contributed by atoms with Crippen molar-refractivity contribution in [1.29, 1.82) is 0 Å². The van der Waals surface area contributed by atoms with Crippen molar-refractivity contribution in [2.24, 2.45) is 7.05 Å². The number of para-hydroxylation sites is 1. The molecule has 142 valence electrons. The van der Waals surface area contributed by atoms with Gasteiger partial charge >= 0.3 is 0 Å². The van der Waals surface area contributed by atoms with E-state index in [0.717, 1.165) is 22.3 Å². The zero-order chi connectivity index (χ0) is 19.3. The van der Waals surface area contributed by atoms with E-state index in [9.17, 15) is 8.42 Å². The van der Waals surface area contributed by atoms with Crippen LogP contribution in [-0.2, 0) is 23.6 Å². The lowest BCUT2D eigenvalue weighted by atomic mass is 10.1. The summed E-state index contributed by atoms with van der Waals surface area (Å²) in [4.78, 5) is 6.68. The molecule has 0 saturated carbocycles. The van der Waals surface area contributed by atoms with Crippen molar-refractivity contribution in [3.63, 3.8) is 0 Å². The number of fused-ring (bicyclic) bond motifs is 2. The first-order valence-electron chi connectivity index (χ1n) is 8.89. The molecule has 2 aromatic heterocycles. The molecule has 3 heterocycles. The van der Waals surface area contributed by atoms with Gasteiger partial charge in [-0.15, -0.1) is 0 Å². The highest BCUT2D eigenvalue weighted by Gasteiger charge is 2.33. The predicted octanol–water partition coefficient (Wildman–Crippen LogP) is 2.31. The predicted molar refractivity (Wildman–Crippen MR) is 105 cm³/mol. The van der Waals surface area contributed by atoms with Crippen LogP contribution in [0.3, 0.4) is 0 Å². The van der Waals surface area contributed by atoms with Crippen LogP contribution in [0.1, 0.15) is 18.2 Å². The van der Waals surface area contributed by atoms with Gasteiger partial charge in [-0.3, -0.25) is 4.68 Å². The molecule has 0 fully saturated rings. The zero-order valence-electron chi connectivity index (χ0n) is 15.9. The summed E-state index contributed by atoms with van der Waals surface area (Å²) in [5.74, 6) is 0. The summed E-state index contributed by atoms with van der Waals surface area (Å²) in [7, 11) is 0.111. The van der Waals surface area contributed by atoms with Gasteiger partial charge in [0.1, 0.15) is 4.90 Å². The number of nitrogens with zero attached hydrogens (tertiary/aromatic N) is 5. The van der Waals surface area contributed by atoms with Crippen molar-refractivity contribution in [2.45, 2.75) is 31.3 Å². The van der Waals surface area contributed by atoms with Crippen molar-refractivity contribution >= 4 is 26.7 Å². The van der Waals surface area contributed by atoms with Gasteiger partial charge in [0.2, 0.25) is 10.0 Å². The number of sulfonamides is 1. The van der Waals surface area contributed by atoms with Gasteiger partial charge in [-0.2, -0.15) is 9.40 Å². The molecule has 1 aliphatic heterocycles. The first-order chi connectivity index (χ1) is 12.8. The van der Waals surface area contributed by atoms with Crippen molar-refractivity contribution in [1.82, 2.24) is 19.1 Å². The first kappa shape index (κ1) is 17.9. The maximum atomic E-state index is 13.5. The molecule has 0 saturated heterocycles. The lowest BCUT2D eigenvalue weighted by Crippen LogP contribution is -2.41. The molecule has 1 aromatic carbocycles. The molecule has 27 heavy (non-hydrogen) atoms. The largest absolute Gasteiger partial charge is 0.373 e. The van der Waals surface area contributed by atoms with Gasteiger partial charge in [-0.25, -0.2) is 13.4 Å². The number of aryl methyl sites for hydroxylation is 2. The van der Waals surface area contributed by atoms with Crippen LogP contribution in [0.2, 0.25) is 0 Å². The zero-order valence-corrected chi connectivity index (χ0v) is 16.7. The highest BCUT2D eigenvalue weighted by molar-refractivity contribution is 7.89. The second-order valence-electron chi connectivity index (χ2n) is 7.16. The standard InChI is InChI=1S/C19H23N5O2S/c1-13-11-22(3)18-8-6-5-7-15(18)12-24(13)27(25,26)16-9-17-14(2)21-23(4)19(17)20-10-16/h5-10,13H,11-12H2,1-4H3/t13-/m0/s1. The number of hydrogen-bond donors (Lipinski definition) is 0. The third kappa shape index (κ3) is 2.89. The maximum Gasteiger partial charge on any atom is 0.245 e. The Morgan fingerprint density at radius 2 is 1.93 bits per heavy atom. The Balaban J connectivity index is 1.80. The molecule has 1 aliphatic rings. The van der Waals surface area contributed by atoms with Crippen LogP contribution >= 0.6 is 0 Å². The Bertz CT molecular complexity index is 1120. The fourth-order valence-electron chi connectivity index (χ4n) is 3.81. The monoisotopic (exact) mass is 385 g/mol. The van der Waals surface area contributed by atoms with Crippen molar-refractivity contribution < 1.29 is 8.42 Å². The molecule has 3 aromatic rings. The van der Waals surface area contributed by atoms with E-state index < -0.39 is 10.0 Å². The molecule has 7 nitrogen and oxygen atoms in total. The fourth-order valence-corrected chi connectivity index (χ4v) is 5.39. The van der Waals surface area contributed by atoms with Crippen LogP contribution in [-0.4, -0.2) is 47.1 Å². The highest BCUT2D eigenvalue weighted by Crippen LogP contribution is 2.30. The summed E-state index contributed by atoms with van der Waals surface area (Å²) in [6.45, 7) is 4.77. The van der Waals surface area contributed by atoms with Gasteiger partial charge in [0.15, 0.2) is 5.65 Å². The van der Waals surface area contributed by atoms with E-state index >= 15 is 0 Å². The molecule has 0 unspecified atom stereocenters. The Hall–Kier alpha value is -2.45. The molecule has 0 N–H and O–H groups in total. The molecule has 4 rings (SSSR count). The summed E-state index contributed by atoms with van der Waals surface area (Å²) >= 11 is 0. The normalized spacial score (nSPS) is 18.5. The van der Waals surface area contributed by atoms with Gasteiger partial charge in [-0.05, 0) is 31.5 Å². The molecule has 0 spiro atoms. The maximum absolute atomic E-state index is 13.5. The van der Waals surface area contributed by atoms with Crippen LogP contribution in [0.15, 0.2) is 41.4 Å². The Morgan fingerprint density at radius 3 is 2.70 bits per heavy atom. The Kier molecular flexibility index (Phi) is 4.20. The van der Waals surface area contributed by atoms with Crippen LogP contribution < -0.4 is 4.90 Å². The summed E-state index contributed by atoms with van der Waals surface area (Å²) in [6, 6.07) is 9.46. The number of anilines is 1. The van der Waals surface area contributed by atoms with Gasteiger partial charge in [0.05, 0.1) is 5.69 Å². The number of likely N-dealkylation sites (N-methyl/N-ethyl adjacent to an activating group) is 1.